The van der Waals surface area contributed by atoms with Gasteiger partial charge in [-0.1, -0.05) is 19.3 Å². The van der Waals surface area contributed by atoms with Crippen molar-refractivity contribution < 1.29 is 14.7 Å². The Bertz CT molecular complexity index is 340. The lowest BCUT2D eigenvalue weighted by atomic mass is 9.87. The molecule has 2 fully saturated rings. The molecule has 20 heavy (non-hydrogen) atoms. The lowest BCUT2D eigenvalue weighted by Gasteiger charge is -2.21. The molecule has 1 aliphatic carbocycles. The molecule has 0 radical (unpaired) electrons. The highest BCUT2D eigenvalue weighted by molar-refractivity contribution is 5.84. The average molecular weight is 282 g/mol. The molecule has 5 nitrogen and oxygen atoms in total. The van der Waals surface area contributed by atoms with E-state index in [0.29, 0.717) is 25.4 Å². The predicted octanol–water partition coefficient (Wildman–Crippen LogP) is 0.914. The molecular formula is C15H26N2O3. The minimum absolute atomic E-state index is 0.00292. The SMILES string of the molecule is O=C(CC1CCCCC1)NCC(=O)N1CCC(CO)C1. The van der Waals surface area contributed by atoms with Crippen molar-refractivity contribution in [2.75, 3.05) is 26.2 Å². The second-order valence-electron chi connectivity index (χ2n) is 6.16. The van der Waals surface area contributed by atoms with E-state index in [-0.39, 0.29) is 30.9 Å². The fraction of sp³-hybridized carbons (Fsp3) is 0.867. The summed E-state index contributed by atoms with van der Waals surface area (Å²) in [7, 11) is 0. The van der Waals surface area contributed by atoms with Crippen molar-refractivity contribution in [1.29, 1.82) is 0 Å². The van der Waals surface area contributed by atoms with Crippen LogP contribution in [0.4, 0.5) is 0 Å². The molecule has 1 heterocycles. The molecule has 0 aromatic carbocycles. The number of hydrogen-bond donors (Lipinski definition) is 2. The summed E-state index contributed by atoms with van der Waals surface area (Å²) < 4.78 is 0. The van der Waals surface area contributed by atoms with E-state index in [9.17, 15) is 9.59 Å². The topological polar surface area (TPSA) is 69.6 Å². The van der Waals surface area contributed by atoms with Crippen LogP contribution in [0, 0.1) is 11.8 Å². The molecule has 114 valence electrons. The van der Waals surface area contributed by atoms with Gasteiger partial charge in [0, 0.05) is 32.0 Å². The molecule has 2 N–H and O–H groups in total. The van der Waals surface area contributed by atoms with Gasteiger partial charge in [-0.25, -0.2) is 0 Å². The number of hydrogen-bond acceptors (Lipinski definition) is 3. The summed E-state index contributed by atoms with van der Waals surface area (Å²) in [5, 5.41) is 11.8. The van der Waals surface area contributed by atoms with Crippen molar-refractivity contribution in [1.82, 2.24) is 10.2 Å². The Morgan fingerprint density at radius 1 is 1.10 bits per heavy atom. The van der Waals surface area contributed by atoms with Gasteiger partial charge in [-0.2, -0.15) is 0 Å². The highest BCUT2D eigenvalue weighted by atomic mass is 16.3. The Morgan fingerprint density at radius 3 is 2.50 bits per heavy atom. The molecule has 2 aliphatic rings. The molecule has 1 unspecified atom stereocenters. The van der Waals surface area contributed by atoms with Crippen LogP contribution in [0.15, 0.2) is 0 Å². The molecule has 2 rings (SSSR count). The van der Waals surface area contributed by atoms with Gasteiger partial charge in [-0.3, -0.25) is 9.59 Å². The van der Waals surface area contributed by atoms with E-state index in [1.807, 2.05) is 0 Å². The first-order chi connectivity index (χ1) is 9.69. The first kappa shape index (κ1) is 15.3. The van der Waals surface area contributed by atoms with Crippen molar-refractivity contribution in [3.63, 3.8) is 0 Å². The average Bonchev–Trinajstić information content (AvgIpc) is 2.95. The van der Waals surface area contributed by atoms with Gasteiger partial charge in [0.25, 0.3) is 0 Å². The van der Waals surface area contributed by atoms with Crippen LogP contribution in [0.3, 0.4) is 0 Å². The van der Waals surface area contributed by atoms with Crippen molar-refractivity contribution >= 4 is 11.8 Å². The normalized spacial score (nSPS) is 23.9. The summed E-state index contributed by atoms with van der Waals surface area (Å²) in [6, 6.07) is 0. The Balaban J connectivity index is 1.64. The van der Waals surface area contributed by atoms with Crippen LogP contribution >= 0.6 is 0 Å². The molecule has 5 heteroatoms. The van der Waals surface area contributed by atoms with Crippen LogP contribution in [-0.2, 0) is 9.59 Å². The highest BCUT2D eigenvalue weighted by Gasteiger charge is 2.25. The van der Waals surface area contributed by atoms with Crippen LogP contribution in [0.5, 0.6) is 0 Å². The van der Waals surface area contributed by atoms with E-state index in [4.69, 9.17) is 5.11 Å². The summed E-state index contributed by atoms with van der Waals surface area (Å²) in [4.78, 5) is 25.5. The van der Waals surface area contributed by atoms with E-state index >= 15 is 0 Å². The minimum Gasteiger partial charge on any atom is -0.396 e. The number of rotatable bonds is 5. The number of amides is 2. The zero-order valence-corrected chi connectivity index (χ0v) is 12.1. The van der Waals surface area contributed by atoms with Crippen LogP contribution < -0.4 is 5.32 Å². The third-order valence-electron chi connectivity index (χ3n) is 4.53. The lowest BCUT2D eigenvalue weighted by Crippen LogP contribution is -2.39. The highest BCUT2D eigenvalue weighted by Crippen LogP contribution is 2.26. The molecule has 0 aromatic rings. The van der Waals surface area contributed by atoms with Gasteiger partial charge in [-0.15, -0.1) is 0 Å². The number of carbonyl (C=O) groups excluding carboxylic acids is 2. The molecular weight excluding hydrogens is 256 g/mol. The number of carbonyl (C=O) groups is 2. The van der Waals surface area contributed by atoms with Gasteiger partial charge < -0.3 is 15.3 Å². The molecule has 2 amide bonds. The second-order valence-corrected chi connectivity index (χ2v) is 6.16. The van der Waals surface area contributed by atoms with E-state index in [1.165, 1.54) is 19.3 Å². The number of nitrogens with zero attached hydrogens (tertiary/aromatic N) is 1. The molecule has 0 spiro atoms. The van der Waals surface area contributed by atoms with Crippen LogP contribution in [0.25, 0.3) is 0 Å². The number of aliphatic hydroxyl groups is 1. The Hall–Kier alpha value is -1.10. The summed E-state index contributed by atoms with van der Waals surface area (Å²) in [5.74, 6) is 0.683. The maximum Gasteiger partial charge on any atom is 0.241 e. The number of likely N-dealkylation sites (tertiary alicyclic amines) is 1. The standard InChI is InChI=1S/C15H26N2O3/c18-11-13-6-7-17(10-13)15(20)9-16-14(19)8-12-4-2-1-3-5-12/h12-13,18H,1-11H2,(H,16,19). The lowest BCUT2D eigenvalue weighted by molar-refractivity contribution is -0.132. The largest absolute Gasteiger partial charge is 0.396 e. The van der Waals surface area contributed by atoms with Crippen LogP contribution in [-0.4, -0.2) is 48.1 Å². The smallest absolute Gasteiger partial charge is 0.241 e. The number of aliphatic hydroxyl groups excluding tert-OH is 1. The Kier molecular flexibility index (Phi) is 5.83. The maximum absolute atomic E-state index is 11.9. The third kappa shape index (κ3) is 4.47. The third-order valence-corrected chi connectivity index (χ3v) is 4.53. The zero-order chi connectivity index (χ0) is 14.4. The molecule has 1 saturated heterocycles. The van der Waals surface area contributed by atoms with Crippen LogP contribution in [0.2, 0.25) is 0 Å². The van der Waals surface area contributed by atoms with Crippen molar-refractivity contribution in [2.24, 2.45) is 11.8 Å². The molecule has 1 saturated carbocycles. The summed E-state index contributed by atoms with van der Waals surface area (Å²) in [6.45, 7) is 1.55. The van der Waals surface area contributed by atoms with E-state index in [1.54, 1.807) is 4.90 Å². The maximum atomic E-state index is 11.9. The fourth-order valence-electron chi connectivity index (χ4n) is 3.22. The van der Waals surface area contributed by atoms with Gasteiger partial charge in [0.05, 0.1) is 6.54 Å². The van der Waals surface area contributed by atoms with E-state index < -0.39 is 0 Å². The van der Waals surface area contributed by atoms with Gasteiger partial charge in [0.2, 0.25) is 11.8 Å². The Morgan fingerprint density at radius 2 is 1.85 bits per heavy atom. The molecule has 1 atom stereocenters. The van der Waals surface area contributed by atoms with Gasteiger partial charge in [0.1, 0.15) is 0 Å². The first-order valence-corrected chi connectivity index (χ1v) is 7.84. The minimum atomic E-state index is -0.0297. The van der Waals surface area contributed by atoms with Crippen molar-refractivity contribution in [3.8, 4) is 0 Å². The van der Waals surface area contributed by atoms with Crippen molar-refractivity contribution in [3.05, 3.63) is 0 Å². The predicted molar refractivity (Wildman–Crippen MR) is 76.0 cm³/mol. The van der Waals surface area contributed by atoms with Crippen molar-refractivity contribution in [2.45, 2.75) is 44.9 Å². The van der Waals surface area contributed by atoms with Gasteiger partial charge in [-0.05, 0) is 25.2 Å². The quantitative estimate of drug-likeness (QED) is 0.787. The van der Waals surface area contributed by atoms with E-state index in [2.05, 4.69) is 5.32 Å². The zero-order valence-electron chi connectivity index (χ0n) is 12.1. The summed E-state index contributed by atoms with van der Waals surface area (Å²) >= 11 is 0. The molecule has 1 aliphatic heterocycles. The second kappa shape index (κ2) is 7.62. The Labute approximate surface area is 120 Å². The summed E-state index contributed by atoms with van der Waals surface area (Å²) in [6.07, 6.45) is 7.46. The van der Waals surface area contributed by atoms with Crippen LogP contribution in [0.1, 0.15) is 44.9 Å². The van der Waals surface area contributed by atoms with E-state index in [0.717, 1.165) is 19.3 Å². The fourth-order valence-corrected chi connectivity index (χ4v) is 3.22. The van der Waals surface area contributed by atoms with Gasteiger partial charge >= 0.3 is 0 Å². The molecule has 0 aromatic heterocycles. The molecule has 0 bridgehead atoms. The van der Waals surface area contributed by atoms with Gasteiger partial charge in [0.15, 0.2) is 0 Å². The summed E-state index contributed by atoms with van der Waals surface area (Å²) in [5.41, 5.74) is 0. The number of nitrogens with one attached hydrogen (secondary N) is 1. The first-order valence-electron chi connectivity index (χ1n) is 7.84. The monoisotopic (exact) mass is 282 g/mol.